The van der Waals surface area contributed by atoms with Crippen molar-refractivity contribution in [3.05, 3.63) is 59.8 Å². The minimum atomic E-state index is -3.32. The molecule has 4 N–H and O–H groups in total. The summed E-state index contributed by atoms with van der Waals surface area (Å²) < 4.78 is 27.7. The van der Waals surface area contributed by atoms with E-state index in [1.165, 1.54) is 5.56 Å². The van der Waals surface area contributed by atoms with Crippen LogP contribution in [0.2, 0.25) is 0 Å². The van der Waals surface area contributed by atoms with Crippen molar-refractivity contribution < 1.29 is 18.3 Å². The van der Waals surface area contributed by atoms with Crippen molar-refractivity contribution >= 4 is 26.8 Å². The molecule has 2 saturated heterocycles. The van der Waals surface area contributed by atoms with E-state index in [1.54, 1.807) is 4.31 Å². The van der Waals surface area contributed by atoms with Crippen LogP contribution < -0.4 is 5.73 Å². The third-order valence-corrected chi connectivity index (χ3v) is 9.73. The van der Waals surface area contributed by atoms with Crippen molar-refractivity contribution in [2.75, 3.05) is 38.5 Å². The second-order valence-electron chi connectivity index (χ2n) is 10.4. The minimum Gasteiger partial charge on any atom is -0.393 e. The predicted molar refractivity (Wildman–Crippen MR) is 146 cm³/mol. The standard InChI is InChI=1S/C28H36N4O4S/c29-27(34)18-23-16-22(20-4-2-1-3-5-20)17-25-26(19-30-28(23)25)21-6-12-32(13-7-21)37(35,36)15-14-31-10-8-24(33)9-11-31/h1-5,16-17,19,21,24,30,33H,6-15,18H2,(H2,29,34). The average Bonchev–Trinajstić information content (AvgIpc) is 3.33. The van der Waals surface area contributed by atoms with Gasteiger partial charge >= 0.3 is 0 Å². The number of primary amides is 1. The number of aliphatic hydroxyl groups excluding tert-OH is 1. The Morgan fingerprint density at radius 3 is 2.38 bits per heavy atom. The molecule has 5 rings (SSSR count). The second-order valence-corrected chi connectivity index (χ2v) is 12.5. The van der Waals surface area contributed by atoms with Crippen molar-refractivity contribution in [3.63, 3.8) is 0 Å². The summed E-state index contributed by atoms with van der Waals surface area (Å²) in [7, 11) is -3.32. The lowest BCUT2D eigenvalue weighted by Gasteiger charge is -2.33. The lowest BCUT2D eigenvalue weighted by Crippen LogP contribution is -2.43. The van der Waals surface area contributed by atoms with Gasteiger partial charge in [-0.15, -0.1) is 0 Å². The number of likely N-dealkylation sites (tertiary alicyclic amines) is 1. The molecule has 0 saturated carbocycles. The Bertz CT molecular complexity index is 1340. The third-order valence-electron chi connectivity index (χ3n) is 7.88. The Morgan fingerprint density at radius 1 is 1.00 bits per heavy atom. The van der Waals surface area contributed by atoms with Gasteiger partial charge in [0.25, 0.3) is 0 Å². The Morgan fingerprint density at radius 2 is 1.70 bits per heavy atom. The maximum atomic E-state index is 13.0. The number of sulfonamides is 1. The van der Waals surface area contributed by atoms with E-state index in [0.717, 1.165) is 53.5 Å². The summed E-state index contributed by atoms with van der Waals surface area (Å²) in [5, 5.41) is 10.8. The molecule has 2 fully saturated rings. The van der Waals surface area contributed by atoms with E-state index in [2.05, 4.69) is 28.1 Å². The number of aromatic nitrogens is 1. The van der Waals surface area contributed by atoms with Gasteiger partial charge in [0.1, 0.15) is 0 Å². The van der Waals surface area contributed by atoms with Gasteiger partial charge in [0.15, 0.2) is 0 Å². The summed E-state index contributed by atoms with van der Waals surface area (Å²) in [6.45, 7) is 3.03. The fourth-order valence-corrected chi connectivity index (χ4v) is 7.27. The molecule has 8 nitrogen and oxygen atoms in total. The number of nitrogens with one attached hydrogen (secondary N) is 1. The molecule has 1 aromatic heterocycles. The molecule has 0 atom stereocenters. The van der Waals surface area contributed by atoms with Gasteiger partial charge in [-0.1, -0.05) is 30.3 Å². The first-order valence-electron chi connectivity index (χ1n) is 13.2. The van der Waals surface area contributed by atoms with E-state index in [4.69, 9.17) is 5.73 Å². The topological polar surface area (TPSA) is 120 Å². The highest BCUT2D eigenvalue weighted by Crippen LogP contribution is 2.37. The summed E-state index contributed by atoms with van der Waals surface area (Å²) in [4.78, 5) is 17.3. The van der Waals surface area contributed by atoms with Gasteiger partial charge in [-0.25, -0.2) is 12.7 Å². The van der Waals surface area contributed by atoms with Crippen LogP contribution in [0, 0.1) is 0 Å². The molecule has 0 spiro atoms. The number of piperidine rings is 2. The molecule has 198 valence electrons. The Balaban J connectivity index is 1.31. The van der Waals surface area contributed by atoms with Gasteiger partial charge < -0.3 is 20.7 Å². The number of carbonyl (C=O) groups excluding carboxylic acids is 1. The van der Waals surface area contributed by atoms with Gasteiger partial charge in [0, 0.05) is 49.8 Å². The summed E-state index contributed by atoms with van der Waals surface area (Å²) >= 11 is 0. The van der Waals surface area contributed by atoms with Crippen LogP contribution >= 0.6 is 0 Å². The molecule has 0 aliphatic carbocycles. The number of rotatable bonds is 8. The molecule has 2 aliphatic rings. The first-order chi connectivity index (χ1) is 17.8. The van der Waals surface area contributed by atoms with Crippen LogP contribution in [0.1, 0.15) is 42.7 Å². The van der Waals surface area contributed by atoms with Crippen molar-refractivity contribution in [2.24, 2.45) is 5.73 Å². The number of hydrogen-bond acceptors (Lipinski definition) is 5. The maximum Gasteiger partial charge on any atom is 0.221 e. The van der Waals surface area contributed by atoms with Crippen LogP contribution in [-0.4, -0.2) is 78.2 Å². The van der Waals surface area contributed by atoms with Crippen LogP contribution in [0.3, 0.4) is 0 Å². The zero-order valence-electron chi connectivity index (χ0n) is 21.1. The van der Waals surface area contributed by atoms with Crippen LogP contribution in [0.5, 0.6) is 0 Å². The zero-order valence-corrected chi connectivity index (χ0v) is 21.9. The molecular formula is C28H36N4O4S. The van der Waals surface area contributed by atoms with Gasteiger partial charge in [-0.2, -0.15) is 0 Å². The Labute approximate surface area is 218 Å². The smallest absolute Gasteiger partial charge is 0.221 e. The Kier molecular flexibility index (Phi) is 7.67. The predicted octanol–water partition coefficient (Wildman–Crippen LogP) is 2.83. The number of aromatic amines is 1. The van der Waals surface area contributed by atoms with Crippen LogP contribution in [0.25, 0.3) is 22.0 Å². The van der Waals surface area contributed by atoms with Gasteiger partial charge in [0.05, 0.1) is 18.3 Å². The van der Waals surface area contributed by atoms with Crippen molar-refractivity contribution in [3.8, 4) is 11.1 Å². The SMILES string of the molecule is NC(=O)Cc1cc(-c2ccccc2)cc2c(C3CCN(S(=O)(=O)CCN4CCC(O)CC4)CC3)c[nH]c12. The van der Waals surface area contributed by atoms with E-state index < -0.39 is 10.0 Å². The second kappa shape index (κ2) is 10.9. The third kappa shape index (κ3) is 5.90. The monoisotopic (exact) mass is 524 g/mol. The van der Waals surface area contributed by atoms with Crippen molar-refractivity contribution in [1.82, 2.24) is 14.2 Å². The highest BCUT2D eigenvalue weighted by Gasteiger charge is 2.30. The molecule has 1 amide bonds. The number of fused-ring (bicyclic) bond motifs is 1. The molecule has 9 heteroatoms. The minimum absolute atomic E-state index is 0.123. The van der Waals surface area contributed by atoms with Gasteiger partial charge in [-0.05, 0) is 66.0 Å². The lowest BCUT2D eigenvalue weighted by molar-refractivity contribution is -0.117. The molecule has 0 unspecified atom stereocenters. The molecule has 0 radical (unpaired) electrons. The van der Waals surface area contributed by atoms with Crippen LogP contribution in [0.4, 0.5) is 0 Å². The molecule has 3 aromatic rings. The number of benzene rings is 2. The van der Waals surface area contributed by atoms with Crippen LogP contribution in [0.15, 0.2) is 48.7 Å². The van der Waals surface area contributed by atoms with E-state index in [-0.39, 0.29) is 30.1 Å². The molecular weight excluding hydrogens is 488 g/mol. The maximum absolute atomic E-state index is 13.0. The number of aliphatic hydroxyl groups is 1. The zero-order chi connectivity index (χ0) is 26.0. The fraction of sp³-hybridized carbons (Fsp3) is 0.464. The van der Waals surface area contributed by atoms with E-state index in [9.17, 15) is 18.3 Å². The number of nitrogens with zero attached hydrogens (tertiary/aromatic N) is 2. The van der Waals surface area contributed by atoms with Crippen molar-refractivity contribution in [1.29, 1.82) is 0 Å². The average molecular weight is 525 g/mol. The molecule has 0 bridgehead atoms. The largest absolute Gasteiger partial charge is 0.393 e. The van der Waals surface area contributed by atoms with Crippen molar-refractivity contribution in [2.45, 2.75) is 44.1 Å². The van der Waals surface area contributed by atoms with E-state index >= 15 is 0 Å². The number of hydrogen-bond donors (Lipinski definition) is 3. The summed E-state index contributed by atoms with van der Waals surface area (Å²) in [5.41, 5.74) is 10.6. The summed E-state index contributed by atoms with van der Waals surface area (Å²) in [5.74, 6) is -0.0178. The highest BCUT2D eigenvalue weighted by atomic mass is 32.2. The first kappa shape index (κ1) is 25.9. The number of amides is 1. The van der Waals surface area contributed by atoms with Gasteiger partial charge in [-0.3, -0.25) is 4.79 Å². The first-order valence-corrected chi connectivity index (χ1v) is 14.8. The lowest BCUT2D eigenvalue weighted by atomic mass is 9.88. The Hall–Kier alpha value is -2.72. The number of nitrogens with two attached hydrogens (primary N) is 1. The van der Waals surface area contributed by atoms with E-state index in [1.807, 2.05) is 30.5 Å². The quantitative estimate of drug-likeness (QED) is 0.419. The summed E-state index contributed by atoms with van der Waals surface area (Å²) in [6, 6.07) is 14.3. The molecule has 3 heterocycles. The summed E-state index contributed by atoms with van der Waals surface area (Å²) in [6.07, 6.45) is 4.85. The molecule has 2 aromatic carbocycles. The molecule has 37 heavy (non-hydrogen) atoms. The van der Waals surface area contributed by atoms with E-state index in [0.29, 0.717) is 32.5 Å². The highest BCUT2D eigenvalue weighted by molar-refractivity contribution is 7.89. The number of H-pyrrole nitrogens is 1. The number of carbonyl (C=O) groups is 1. The normalized spacial score (nSPS) is 18.9. The van der Waals surface area contributed by atoms with Gasteiger partial charge in [0.2, 0.25) is 15.9 Å². The fourth-order valence-electron chi connectivity index (χ4n) is 5.75. The molecule has 2 aliphatic heterocycles. The van der Waals surface area contributed by atoms with Crippen LogP contribution in [-0.2, 0) is 21.2 Å².